The molecule has 2 aromatic carbocycles. The quantitative estimate of drug-likeness (QED) is 0.0482. The number of nitrogens with one attached hydrogen (secondary N) is 3. The number of amides is 4. The Morgan fingerprint density at radius 2 is 0.912 bits per heavy atom. The van der Waals surface area contributed by atoms with E-state index in [1.807, 2.05) is 24.3 Å². The molecular formula is C63H70F6N16O6. The molecule has 4 amide bonds. The van der Waals surface area contributed by atoms with Crippen LogP contribution in [0.1, 0.15) is 31.9 Å². The van der Waals surface area contributed by atoms with E-state index in [4.69, 9.17) is 25.2 Å². The SMILES string of the molecule is CC(Nc1ncc(-c2cc(N3CCN(C(=O)Cc4ccc(NC(=O)/C=C(\C(C)C)C(F)(F)F)cc4)CC3)cc(N3CCOCC3)n2)cn1)/C(=C/C(=O)Nc1ccc(CC(=O)N2CCN(c3cc(-c4cnc(N)nc4)nc(N4CCOCC4)c3)CC2)cc1)C(F)(F)F. The Bertz CT molecular complexity index is 3590. The van der Waals surface area contributed by atoms with Crippen LogP contribution >= 0.6 is 0 Å². The van der Waals surface area contributed by atoms with Crippen molar-refractivity contribution in [3.05, 3.63) is 132 Å². The van der Waals surface area contributed by atoms with E-state index in [1.54, 1.807) is 46.5 Å². The molecule has 6 aromatic rings. The van der Waals surface area contributed by atoms with E-state index in [0.717, 1.165) is 22.8 Å². The van der Waals surface area contributed by atoms with Crippen molar-refractivity contribution in [2.24, 2.45) is 5.92 Å². The Morgan fingerprint density at radius 3 is 1.30 bits per heavy atom. The molecule has 91 heavy (non-hydrogen) atoms. The number of rotatable bonds is 18. The Morgan fingerprint density at radius 1 is 0.527 bits per heavy atom. The molecule has 1 unspecified atom stereocenters. The number of morpholine rings is 2. The van der Waals surface area contributed by atoms with Gasteiger partial charge in [-0.25, -0.2) is 29.9 Å². The summed E-state index contributed by atoms with van der Waals surface area (Å²) in [6.45, 7) is 12.5. The van der Waals surface area contributed by atoms with Crippen LogP contribution in [0.5, 0.6) is 0 Å². The summed E-state index contributed by atoms with van der Waals surface area (Å²) in [5.41, 5.74) is 9.62. The van der Waals surface area contributed by atoms with Crippen LogP contribution in [-0.4, -0.2) is 187 Å². The number of ether oxygens (including phenoxy) is 2. The molecule has 0 saturated carbocycles. The summed E-state index contributed by atoms with van der Waals surface area (Å²) in [6.07, 6.45) is -2.19. The van der Waals surface area contributed by atoms with Crippen molar-refractivity contribution in [3.8, 4) is 22.5 Å². The monoisotopic (exact) mass is 1260 g/mol. The van der Waals surface area contributed by atoms with Gasteiger partial charge in [0.1, 0.15) is 11.6 Å². The second-order valence-electron chi connectivity index (χ2n) is 22.6. The molecule has 4 saturated heterocycles. The standard InChI is InChI=1S/C63H70F6N16O6/c1-40(2)50(62(64,65)66)34-56(86)76-46-8-4-42(5-9-46)28-58(88)85-18-14-81(15-19-85)49-31-53(79-55(33-49)83-22-26-91-27-23-83)45-38-73-61(74-39-45)75-41(3)51(63(67,68)69)35-57(87)77-47-10-6-43(7-11-47)29-59(89)84-16-12-80(13-17-84)48-30-52(44-36-71-60(70)72-37-44)78-54(32-48)82-20-24-90-25-21-82/h4-11,30-41H,12-29H2,1-3H3,(H,76,86)(H,77,87)(H2,70,71,72)(H,73,74,75)/b50-34+,51-35-. The number of carbonyl (C=O) groups excluding carboxylic acids is 4. The molecular weight excluding hydrogens is 1190 g/mol. The Balaban J connectivity index is 0.721. The highest BCUT2D eigenvalue weighted by molar-refractivity contribution is 6.00. The van der Waals surface area contributed by atoms with Gasteiger partial charge >= 0.3 is 12.4 Å². The molecule has 480 valence electrons. The second kappa shape index (κ2) is 28.6. The maximum atomic E-state index is 14.7. The van der Waals surface area contributed by atoms with Gasteiger partial charge in [-0.1, -0.05) is 38.1 Å². The summed E-state index contributed by atoms with van der Waals surface area (Å²) in [4.78, 5) is 91.6. The van der Waals surface area contributed by atoms with E-state index >= 15 is 0 Å². The number of nitrogen functional groups attached to an aromatic ring is 1. The van der Waals surface area contributed by atoms with Gasteiger partial charge in [-0.15, -0.1) is 0 Å². The minimum Gasteiger partial charge on any atom is -0.378 e. The number of aromatic nitrogens is 6. The van der Waals surface area contributed by atoms with E-state index in [1.165, 1.54) is 57.4 Å². The van der Waals surface area contributed by atoms with Crippen LogP contribution in [0.4, 0.5) is 72.6 Å². The van der Waals surface area contributed by atoms with Gasteiger partial charge in [-0.05, 0) is 60.4 Å². The molecule has 4 aromatic heterocycles. The van der Waals surface area contributed by atoms with E-state index in [-0.39, 0.29) is 47.9 Å². The number of halogens is 6. The molecule has 5 N–H and O–H groups in total. The average Bonchev–Trinajstić information content (AvgIpc) is 1.20. The van der Waals surface area contributed by atoms with Crippen molar-refractivity contribution in [2.75, 3.05) is 146 Å². The fourth-order valence-electron chi connectivity index (χ4n) is 10.9. The van der Waals surface area contributed by atoms with Gasteiger partial charge in [0, 0.05) is 167 Å². The zero-order valence-corrected chi connectivity index (χ0v) is 50.4. The lowest BCUT2D eigenvalue weighted by molar-refractivity contribution is -0.131. The number of hydrogen-bond donors (Lipinski definition) is 4. The summed E-state index contributed by atoms with van der Waals surface area (Å²) in [6, 6.07) is 19.1. The normalized spacial score (nSPS) is 16.6. The first-order valence-corrected chi connectivity index (χ1v) is 29.9. The third-order valence-electron chi connectivity index (χ3n) is 16.0. The number of piperazine rings is 2. The molecule has 10 rings (SSSR count). The van der Waals surface area contributed by atoms with E-state index < -0.39 is 47.3 Å². The van der Waals surface area contributed by atoms with Crippen molar-refractivity contribution in [1.29, 1.82) is 0 Å². The molecule has 0 bridgehead atoms. The maximum Gasteiger partial charge on any atom is 0.414 e. The summed E-state index contributed by atoms with van der Waals surface area (Å²) in [5, 5.41) is 7.65. The zero-order valence-electron chi connectivity index (χ0n) is 50.4. The van der Waals surface area contributed by atoms with Crippen molar-refractivity contribution < 1.29 is 55.0 Å². The molecule has 0 spiro atoms. The molecule has 4 fully saturated rings. The highest BCUT2D eigenvalue weighted by atomic mass is 19.4. The molecule has 22 nitrogen and oxygen atoms in total. The number of alkyl halides is 6. The number of nitrogens with zero attached hydrogens (tertiary/aromatic N) is 12. The van der Waals surface area contributed by atoms with Crippen LogP contribution in [0.3, 0.4) is 0 Å². The maximum absolute atomic E-state index is 14.7. The average molecular weight is 1260 g/mol. The van der Waals surface area contributed by atoms with E-state index in [2.05, 4.69) is 55.5 Å². The Labute approximate surface area is 521 Å². The van der Waals surface area contributed by atoms with Crippen LogP contribution in [0.15, 0.2) is 121 Å². The van der Waals surface area contributed by atoms with Gasteiger partial charge in [0.2, 0.25) is 35.5 Å². The van der Waals surface area contributed by atoms with Crippen LogP contribution in [0, 0.1) is 5.92 Å². The molecule has 0 radical (unpaired) electrons. The van der Waals surface area contributed by atoms with Crippen molar-refractivity contribution in [3.63, 3.8) is 0 Å². The number of anilines is 8. The highest BCUT2D eigenvalue weighted by Gasteiger charge is 2.39. The number of carbonyl (C=O) groups is 4. The van der Waals surface area contributed by atoms with Crippen LogP contribution in [0.25, 0.3) is 22.5 Å². The first kappa shape index (κ1) is 64.5. The number of hydrogen-bond acceptors (Lipinski definition) is 18. The third-order valence-corrected chi connectivity index (χ3v) is 16.0. The summed E-state index contributed by atoms with van der Waals surface area (Å²) in [5.74, 6) is -1.55. The van der Waals surface area contributed by atoms with Crippen LogP contribution in [-0.2, 0) is 41.5 Å². The minimum atomic E-state index is -4.92. The van der Waals surface area contributed by atoms with Crippen molar-refractivity contribution in [1.82, 2.24) is 39.7 Å². The molecule has 28 heteroatoms. The second-order valence-corrected chi connectivity index (χ2v) is 22.6. The largest absolute Gasteiger partial charge is 0.414 e. The minimum absolute atomic E-state index is 0.0652. The smallest absolute Gasteiger partial charge is 0.378 e. The van der Waals surface area contributed by atoms with Gasteiger partial charge < -0.3 is 60.6 Å². The lowest BCUT2D eigenvalue weighted by atomic mass is 10.0. The first-order chi connectivity index (χ1) is 43.6. The van der Waals surface area contributed by atoms with Crippen molar-refractivity contribution >= 4 is 69.9 Å². The number of benzene rings is 2. The Hall–Kier alpha value is -9.44. The van der Waals surface area contributed by atoms with Gasteiger partial charge in [0.15, 0.2) is 0 Å². The molecule has 0 aliphatic carbocycles. The van der Waals surface area contributed by atoms with E-state index in [0.29, 0.717) is 151 Å². The fourth-order valence-corrected chi connectivity index (χ4v) is 10.9. The lowest BCUT2D eigenvalue weighted by Gasteiger charge is -2.37. The van der Waals surface area contributed by atoms with Crippen molar-refractivity contribution in [2.45, 2.75) is 52.0 Å². The number of pyridine rings is 2. The topological polar surface area (TPSA) is 246 Å². The summed E-state index contributed by atoms with van der Waals surface area (Å²) in [7, 11) is 0. The van der Waals surface area contributed by atoms with Gasteiger partial charge in [0.25, 0.3) is 0 Å². The van der Waals surface area contributed by atoms with E-state index in [9.17, 15) is 45.5 Å². The summed E-state index contributed by atoms with van der Waals surface area (Å²) >= 11 is 0. The highest BCUT2D eigenvalue weighted by Crippen LogP contribution is 2.34. The predicted molar refractivity (Wildman–Crippen MR) is 332 cm³/mol. The fraction of sp³-hybridized carbons (Fsp3) is 0.397. The Kier molecular flexibility index (Phi) is 20.3. The zero-order chi connectivity index (χ0) is 64.4. The van der Waals surface area contributed by atoms with Crippen LogP contribution < -0.4 is 41.3 Å². The molecule has 8 heterocycles. The predicted octanol–water partition coefficient (Wildman–Crippen LogP) is 7.44. The van der Waals surface area contributed by atoms with Crippen LogP contribution in [0.2, 0.25) is 0 Å². The third kappa shape index (κ3) is 17.1. The summed E-state index contributed by atoms with van der Waals surface area (Å²) < 4.78 is 95.3. The first-order valence-electron chi connectivity index (χ1n) is 29.9. The van der Waals surface area contributed by atoms with Gasteiger partial charge in [0.05, 0.1) is 62.3 Å². The number of allylic oxidation sites excluding steroid dienone is 1. The molecule has 1 atom stereocenters. The van der Waals surface area contributed by atoms with Gasteiger partial charge in [-0.2, -0.15) is 26.3 Å². The lowest BCUT2D eigenvalue weighted by Crippen LogP contribution is -2.49. The van der Waals surface area contributed by atoms with Gasteiger partial charge in [-0.3, -0.25) is 19.2 Å². The molecule has 4 aliphatic heterocycles. The molecule has 4 aliphatic rings. The number of nitrogens with two attached hydrogens (primary N) is 1.